The second-order valence-corrected chi connectivity index (χ2v) is 10.1. The van der Waals surface area contributed by atoms with Crippen LogP contribution in [0.1, 0.15) is 76.3 Å². The van der Waals surface area contributed by atoms with Crippen molar-refractivity contribution >= 4 is 12.1 Å². The van der Waals surface area contributed by atoms with Crippen molar-refractivity contribution in [1.29, 1.82) is 0 Å². The van der Waals surface area contributed by atoms with Gasteiger partial charge in [0.1, 0.15) is 6.61 Å². The molecule has 2 aromatic carbocycles. The number of carbonyl (C=O) groups is 2. The molecule has 198 valence electrons. The minimum absolute atomic E-state index is 0.0521. The number of nitrogens with one attached hydrogen (secondary N) is 1. The van der Waals surface area contributed by atoms with Crippen LogP contribution in [0.15, 0.2) is 60.7 Å². The van der Waals surface area contributed by atoms with Gasteiger partial charge >= 0.3 is 12.1 Å². The first-order valence-corrected chi connectivity index (χ1v) is 13.2. The van der Waals surface area contributed by atoms with Gasteiger partial charge in [0.05, 0.1) is 12.5 Å². The van der Waals surface area contributed by atoms with Crippen LogP contribution in [0.4, 0.5) is 4.79 Å². The van der Waals surface area contributed by atoms with E-state index in [4.69, 9.17) is 14.9 Å². The van der Waals surface area contributed by atoms with Crippen molar-refractivity contribution in [2.24, 2.45) is 17.8 Å². The van der Waals surface area contributed by atoms with Gasteiger partial charge in [-0.05, 0) is 48.6 Å². The Bertz CT molecular complexity index is 873. The number of benzene rings is 2. The molecule has 4 atom stereocenters. The lowest BCUT2D eigenvalue weighted by molar-refractivity contribution is -0.143. The van der Waals surface area contributed by atoms with Crippen LogP contribution < -0.4 is 5.32 Å². The molecule has 0 bridgehead atoms. The van der Waals surface area contributed by atoms with Crippen molar-refractivity contribution < 1.29 is 24.5 Å². The fourth-order valence-corrected chi connectivity index (χ4v) is 4.74. The molecule has 0 spiro atoms. The summed E-state index contributed by atoms with van der Waals surface area (Å²) in [5.41, 5.74) is 1.98. The molecule has 4 rings (SSSR count). The number of alkyl carbamates (subject to hydrolysis) is 1. The van der Waals surface area contributed by atoms with E-state index in [1.165, 1.54) is 19.3 Å². The lowest BCUT2D eigenvalue weighted by Crippen LogP contribution is -2.38. The molecule has 3 N–H and O–H groups in total. The van der Waals surface area contributed by atoms with Crippen LogP contribution in [0.2, 0.25) is 0 Å². The van der Waals surface area contributed by atoms with E-state index in [1.54, 1.807) is 0 Å². The van der Waals surface area contributed by atoms with E-state index in [9.17, 15) is 9.59 Å². The fourth-order valence-electron chi connectivity index (χ4n) is 4.74. The Labute approximate surface area is 216 Å². The van der Waals surface area contributed by atoms with Crippen molar-refractivity contribution in [3.05, 3.63) is 71.8 Å². The van der Waals surface area contributed by atoms with Crippen LogP contribution in [0.25, 0.3) is 0 Å². The van der Waals surface area contributed by atoms with Gasteiger partial charge in [-0.25, -0.2) is 4.79 Å². The third-order valence-electron chi connectivity index (χ3n) is 6.78. The predicted molar refractivity (Wildman–Crippen MR) is 142 cm³/mol. The maximum absolute atomic E-state index is 11.7. The minimum atomic E-state index is -0.605. The highest BCUT2D eigenvalue weighted by Crippen LogP contribution is 2.28. The molecule has 1 amide bonds. The number of amides is 1. The molecular formula is C30H43NO5. The van der Waals surface area contributed by atoms with Crippen LogP contribution in [0.5, 0.6) is 0 Å². The summed E-state index contributed by atoms with van der Waals surface area (Å²) >= 11 is 0. The molecule has 0 unspecified atom stereocenters. The number of carbonyl (C=O) groups excluding carboxylic acids is 1. The molecule has 2 aliphatic carbocycles. The number of hydrogen-bond acceptors (Lipinski definition) is 4. The van der Waals surface area contributed by atoms with Gasteiger partial charge in [0.15, 0.2) is 0 Å². The quantitative estimate of drug-likeness (QED) is 0.434. The van der Waals surface area contributed by atoms with Gasteiger partial charge in [-0.15, -0.1) is 0 Å². The summed E-state index contributed by atoms with van der Waals surface area (Å²) in [6.07, 6.45) is 8.41. The number of carboxylic acids is 1. The van der Waals surface area contributed by atoms with Gasteiger partial charge in [-0.2, -0.15) is 0 Å². The standard InChI is InChI=1S/C15H21NO2.C8H14O2.C7H8O/c1-12-6-5-9-14(10-12)16-15(17)18-11-13-7-3-2-4-8-13;1-6-3-2-4-7(5-6)8(9)10;8-6-7-4-2-1-3-5-7/h2-4,7-8,12,14H,5-6,9-11H2,1H3,(H,16,17);6-7H,2-5H2,1H3,(H,9,10);1-5,8H,6H2/t12-,14+;6-,7+;/m00./s1. The zero-order chi connectivity index (χ0) is 26.2. The van der Waals surface area contributed by atoms with E-state index in [2.05, 4.69) is 19.2 Å². The summed E-state index contributed by atoms with van der Waals surface area (Å²) in [6.45, 7) is 4.86. The highest BCUT2D eigenvalue weighted by atomic mass is 16.5. The van der Waals surface area contributed by atoms with Crippen molar-refractivity contribution in [2.75, 3.05) is 0 Å². The SMILES string of the molecule is C[C@H]1CCC[C@@H](C(=O)O)C1.C[C@H]1CCC[C@@H](NC(=O)OCc2ccccc2)C1.OCc1ccccc1. The molecule has 0 heterocycles. The normalized spacial score (nSPS) is 23.1. The number of rotatable bonds is 5. The molecule has 0 aliphatic heterocycles. The van der Waals surface area contributed by atoms with Crippen LogP contribution in [0, 0.1) is 17.8 Å². The molecule has 2 saturated carbocycles. The van der Waals surface area contributed by atoms with E-state index in [1.807, 2.05) is 60.7 Å². The minimum Gasteiger partial charge on any atom is -0.481 e. The molecular weight excluding hydrogens is 454 g/mol. The van der Waals surface area contributed by atoms with Gasteiger partial charge in [-0.1, -0.05) is 100 Å². The van der Waals surface area contributed by atoms with Gasteiger partial charge < -0.3 is 20.3 Å². The van der Waals surface area contributed by atoms with Crippen molar-refractivity contribution in [2.45, 2.75) is 84.5 Å². The Morgan fingerprint density at radius 2 is 1.39 bits per heavy atom. The van der Waals surface area contributed by atoms with Gasteiger partial charge in [0.2, 0.25) is 0 Å². The lowest BCUT2D eigenvalue weighted by atomic mass is 9.83. The molecule has 2 aliphatic rings. The maximum Gasteiger partial charge on any atom is 0.407 e. The van der Waals surface area contributed by atoms with Crippen molar-refractivity contribution in [3.8, 4) is 0 Å². The Morgan fingerprint density at radius 1 is 0.833 bits per heavy atom. The first-order valence-electron chi connectivity index (χ1n) is 13.2. The summed E-state index contributed by atoms with van der Waals surface area (Å²) in [4.78, 5) is 22.2. The number of aliphatic carboxylic acids is 1. The van der Waals surface area contributed by atoms with Crippen LogP contribution >= 0.6 is 0 Å². The van der Waals surface area contributed by atoms with E-state index in [0.717, 1.165) is 43.2 Å². The van der Waals surface area contributed by atoms with Gasteiger partial charge in [0, 0.05) is 6.04 Å². The number of aliphatic hydroxyl groups excluding tert-OH is 1. The Hall–Kier alpha value is -2.86. The average molecular weight is 498 g/mol. The topological polar surface area (TPSA) is 95.9 Å². The Balaban J connectivity index is 0.000000213. The van der Waals surface area contributed by atoms with E-state index >= 15 is 0 Å². The second-order valence-electron chi connectivity index (χ2n) is 10.1. The largest absolute Gasteiger partial charge is 0.481 e. The third kappa shape index (κ3) is 12.2. The van der Waals surface area contributed by atoms with E-state index in [-0.39, 0.29) is 24.7 Å². The average Bonchev–Trinajstić information content (AvgIpc) is 2.89. The third-order valence-corrected chi connectivity index (χ3v) is 6.78. The predicted octanol–water partition coefficient (Wildman–Crippen LogP) is 6.57. The highest BCUT2D eigenvalue weighted by Gasteiger charge is 2.24. The molecule has 0 radical (unpaired) electrons. The zero-order valence-corrected chi connectivity index (χ0v) is 21.8. The Kier molecular flexibility index (Phi) is 13.7. The summed E-state index contributed by atoms with van der Waals surface area (Å²) in [5, 5.41) is 20.2. The summed E-state index contributed by atoms with van der Waals surface area (Å²) in [5.74, 6) is 0.670. The zero-order valence-electron chi connectivity index (χ0n) is 21.8. The molecule has 6 nitrogen and oxygen atoms in total. The summed E-state index contributed by atoms with van der Waals surface area (Å²) in [7, 11) is 0. The number of hydrogen-bond donors (Lipinski definition) is 3. The molecule has 2 aromatic rings. The fraction of sp³-hybridized carbons (Fsp3) is 0.533. The van der Waals surface area contributed by atoms with E-state index in [0.29, 0.717) is 18.4 Å². The van der Waals surface area contributed by atoms with Crippen molar-refractivity contribution in [3.63, 3.8) is 0 Å². The lowest BCUT2D eigenvalue weighted by Gasteiger charge is -2.27. The van der Waals surface area contributed by atoms with E-state index < -0.39 is 5.97 Å². The molecule has 2 fully saturated rings. The van der Waals surface area contributed by atoms with Gasteiger partial charge in [0.25, 0.3) is 0 Å². The second kappa shape index (κ2) is 16.7. The number of ether oxygens (including phenoxy) is 1. The summed E-state index contributed by atoms with van der Waals surface area (Å²) < 4.78 is 5.22. The molecule has 0 aromatic heterocycles. The van der Waals surface area contributed by atoms with Crippen LogP contribution in [-0.4, -0.2) is 28.3 Å². The number of carboxylic acid groups (broad SMARTS) is 1. The highest BCUT2D eigenvalue weighted by molar-refractivity contribution is 5.70. The van der Waals surface area contributed by atoms with Crippen molar-refractivity contribution in [1.82, 2.24) is 5.32 Å². The van der Waals surface area contributed by atoms with Crippen LogP contribution in [0.3, 0.4) is 0 Å². The first kappa shape index (κ1) is 29.4. The first-order chi connectivity index (χ1) is 17.4. The Morgan fingerprint density at radius 3 is 1.86 bits per heavy atom. The molecule has 36 heavy (non-hydrogen) atoms. The maximum atomic E-state index is 11.7. The van der Waals surface area contributed by atoms with Gasteiger partial charge in [-0.3, -0.25) is 4.79 Å². The summed E-state index contributed by atoms with van der Waals surface area (Å²) in [6, 6.07) is 19.6. The number of aliphatic hydroxyl groups is 1. The van der Waals surface area contributed by atoms with Crippen LogP contribution in [-0.2, 0) is 22.7 Å². The monoisotopic (exact) mass is 497 g/mol. The molecule has 6 heteroatoms. The molecule has 0 saturated heterocycles. The smallest absolute Gasteiger partial charge is 0.407 e.